The number of hydrogen-bond acceptors (Lipinski definition) is 27. The van der Waals surface area contributed by atoms with Gasteiger partial charge in [-0.2, -0.15) is 19.3 Å². The van der Waals surface area contributed by atoms with Gasteiger partial charge in [-0.15, -0.1) is 34.0 Å². The Morgan fingerprint density at radius 1 is 0.510 bits per heavy atom. The molecule has 0 atom stereocenters. The molecule has 6 aromatic heterocycles. The van der Waals surface area contributed by atoms with Gasteiger partial charge in [0.15, 0.2) is 34.5 Å². The van der Waals surface area contributed by atoms with E-state index in [1.165, 1.54) is 50.3 Å². The largest absolute Gasteiger partial charge is 0.369 e. The Hall–Kier alpha value is -10.1. The number of nitrogens with zero attached hydrogens (tertiary/aromatic N) is 18. The second-order valence-electron chi connectivity index (χ2n) is 24.1. The second kappa shape index (κ2) is 29.0. The average molecular weight is 1430 g/mol. The van der Waals surface area contributed by atoms with Crippen molar-refractivity contribution in [2.24, 2.45) is 0 Å². The van der Waals surface area contributed by atoms with E-state index in [-0.39, 0.29) is 23.6 Å². The second-order valence-corrected chi connectivity index (χ2v) is 29.6. The number of hydrogen-bond donors (Lipinski definition) is 5. The summed E-state index contributed by atoms with van der Waals surface area (Å²) in [6.07, 6.45) is 6.29. The van der Waals surface area contributed by atoms with Crippen LogP contribution in [0.1, 0.15) is 88.7 Å². The zero-order valence-electron chi connectivity index (χ0n) is 57.9. The van der Waals surface area contributed by atoms with E-state index in [2.05, 4.69) is 102 Å². The summed E-state index contributed by atoms with van der Waals surface area (Å²) in [5.74, 6) is 2.66. The molecule has 0 aliphatic carbocycles. The van der Waals surface area contributed by atoms with Gasteiger partial charge >= 0.3 is 0 Å². The van der Waals surface area contributed by atoms with Gasteiger partial charge in [0.05, 0.1) is 39.9 Å². The smallest absolute Gasteiger partial charge is 0.280 e. The number of piperazine rings is 2. The highest BCUT2D eigenvalue weighted by molar-refractivity contribution is 7.88. The molecule has 29 nitrogen and oxygen atoms in total. The normalized spacial score (nSPS) is 15.2. The van der Waals surface area contributed by atoms with Gasteiger partial charge in [-0.1, -0.05) is 0 Å². The van der Waals surface area contributed by atoms with Gasteiger partial charge in [-0.3, -0.25) is 19.2 Å². The zero-order chi connectivity index (χ0) is 71.0. The van der Waals surface area contributed by atoms with Crippen LogP contribution in [0.4, 0.5) is 95.8 Å². The molecule has 2 saturated heterocycles. The summed E-state index contributed by atoms with van der Waals surface area (Å²) < 4.78 is 25.1. The lowest BCUT2D eigenvalue weighted by atomic mass is 10.1. The van der Waals surface area contributed by atoms with Crippen LogP contribution in [-0.4, -0.2) is 188 Å². The van der Waals surface area contributed by atoms with Crippen molar-refractivity contribution in [3.63, 3.8) is 0 Å². The molecule has 33 heteroatoms. The predicted molar refractivity (Wildman–Crippen MR) is 399 cm³/mol. The monoisotopic (exact) mass is 1430 g/mol. The van der Waals surface area contributed by atoms with Crippen LogP contribution in [0.5, 0.6) is 0 Å². The summed E-state index contributed by atoms with van der Waals surface area (Å²) in [6.45, 7) is 23.3. The molecular formula is C67H79N23O6S4. The molecular weight excluding hydrogens is 1350 g/mol. The summed E-state index contributed by atoms with van der Waals surface area (Å²) in [5.41, 5.74) is 10.8. The number of anilines is 17. The molecule has 3 aromatic carbocycles. The van der Waals surface area contributed by atoms with E-state index < -0.39 is 10.0 Å². The Balaban J connectivity index is 0.000000143. The Morgan fingerprint density at radius 2 is 0.880 bits per heavy atom. The Bertz CT molecular complexity index is 4720. The third-order valence-electron chi connectivity index (χ3n) is 17.5. The zero-order valence-corrected chi connectivity index (χ0v) is 61.2. The number of thiazole rings is 3. The average Bonchev–Trinajstić information content (AvgIpc) is 1.62. The molecule has 2 fully saturated rings. The summed E-state index contributed by atoms with van der Waals surface area (Å²) >= 11 is 4.42. The van der Waals surface area contributed by atoms with Gasteiger partial charge in [-0.05, 0) is 127 Å². The van der Waals surface area contributed by atoms with Crippen LogP contribution in [0.15, 0.2) is 79.3 Å². The van der Waals surface area contributed by atoms with Crippen molar-refractivity contribution in [3.8, 4) is 0 Å². The van der Waals surface area contributed by atoms with Crippen LogP contribution in [0, 0.1) is 34.6 Å². The number of amides is 4. The standard InChI is InChI=1S/C24H30N8O3S2.C23H28N8OS.C20H21N7O2S/c1-6-32-19-14-25-24(28-21(19)29(4)23-20(22(32)33)26-16(3)36-23)27-18-8-7-17(13-15(18)2)30-9-11-31(12-10-30)37(5,34)35;1-5-31-18-13-25-23(28-20(18)29(4)22-19(21(31)32)26-15(3)33-22)27-17-7-6-16(12-14(17)2)30-10-8-24-9-11-30;1-5-27-14-10-22-20(24-13-8-6-12(7-9-13)17(28)21-3)25-16(14)26(4)19-15(18(27)29)23-11(2)30-19/h7-8,13-14H,6,9-12H2,1-5H3,(H,25,27,28);6-7,12-13,24H,5,8-11H2,1-4H3,(H,25,27,28);6-10H,5H2,1-4H3,(H,21,28)(H,22,24,25). The molecule has 0 unspecified atom stereocenters. The fraction of sp³-hybridized carbons (Fsp3) is 0.358. The number of sulfonamides is 1. The number of rotatable bonds is 13. The molecule has 0 spiro atoms. The summed E-state index contributed by atoms with van der Waals surface area (Å²) in [6, 6.07) is 19.5. The van der Waals surface area contributed by atoms with Crippen LogP contribution < -0.4 is 65.8 Å². The topological polar surface area (TPSA) is 308 Å². The maximum absolute atomic E-state index is 13.2. The van der Waals surface area contributed by atoms with E-state index in [0.29, 0.717) is 121 Å². The molecule has 0 bridgehead atoms. The van der Waals surface area contributed by atoms with Crippen LogP contribution in [0.25, 0.3) is 0 Å². The molecule has 5 N–H and O–H groups in total. The number of aromatic nitrogens is 9. The van der Waals surface area contributed by atoms with E-state index in [1.807, 2.05) is 96.4 Å². The minimum Gasteiger partial charge on any atom is -0.369 e. The third kappa shape index (κ3) is 14.1. The highest BCUT2D eigenvalue weighted by Crippen LogP contribution is 2.45. The fourth-order valence-electron chi connectivity index (χ4n) is 12.3. The van der Waals surface area contributed by atoms with Gasteiger partial charge in [0.1, 0.15) is 32.1 Å². The van der Waals surface area contributed by atoms with Crippen LogP contribution in [0.3, 0.4) is 0 Å². The van der Waals surface area contributed by atoms with E-state index in [1.54, 1.807) is 64.6 Å². The number of carbonyl (C=O) groups is 4. The SMILES string of the molecule is CCN1C(=O)c2nc(C)sc2N(C)c2nc(Nc3ccc(C(=O)NC)cc3)ncc21.CCN1C(=O)c2nc(C)sc2N(C)c2nc(Nc3ccc(N4CCN(S(C)(=O)=O)CC4)cc3C)ncc21.CCN1C(=O)c2nc(C)sc2N(C)c2nc(Nc3ccc(N4CCNCC4)cc3C)ncc21. The number of nitrogens with one attached hydrogen (secondary N) is 5. The van der Waals surface area contributed by atoms with Crippen molar-refractivity contribution in [3.05, 3.63) is 128 Å². The molecule has 5 aliphatic rings. The van der Waals surface area contributed by atoms with Gasteiger partial charge in [-0.25, -0.2) is 38.3 Å². The molecule has 5 aliphatic heterocycles. The third-order valence-corrected chi connectivity index (χ3v) is 22.0. The summed E-state index contributed by atoms with van der Waals surface area (Å²) in [4.78, 5) is 107. The van der Waals surface area contributed by atoms with Crippen molar-refractivity contribution in [1.29, 1.82) is 0 Å². The number of carbonyl (C=O) groups excluding carboxylic acids is 4. The lowest BCUT2D eigenvalue weighted by molar-refractivity contribution is 0.0958. The quantitative estimate of drug-likeness (QED) is 0.0717. The molecule has 0 radical (unpaired) electrons. The lowest BCUT2D eigenvalue weighted by Gasteiger charge is -2.35. The van der Waals surface area contributed by atoms with Gasteiger partial charge in [0.25, 0.3) is 23.6 Å². The van der Waals surface area contributed by atoms with E-state index in [4.69, 9.17) is 9.97 Å². The molecule has 0 saturated carbocycles. The first-order valence-electron chi connectivity index (χ1n) is 32.7. The first kappa shape index (κ1) is 69.8. The minimum absolute atomic E-state index is 0.119. The summed E-state index contributed by atoms with van der Waals surface area (Å²) in [5, 5.41) is 20.7. The van der Waals surface area contributed by atoms with E-state index >= 15 is 0 Å². The Labute approximate surface area is 592 Å². The highest BCUT2D eigenvalue weighted by atomic mass is 32.2. The van der Waals surface area contributed by atoms with Gasteiger partial charge < -0.3 is 65.8 Å². The van der Waals surface area contributed by atoms with Crippen molar-refractivity contribution in [2.75, 3.05) is 162 Å². The fourth-order valence-corrected chi connectivity index (χ4v) is 15.7. The molecule has 100 heavy (non-hydrogen) atoms. The Morgan fingerprint density at radius 3 is 1.23 bits per heavy atom. The predicted octanol–water partition coefficient (Wildman–Crippen LogP) is 9.67. The summed E-state index contributed by atoms with van der Waals surface area (Å²) in [7, 11) is 4.11. The molecule has 522 valence electrons. The van der Waals surface area contributed by atoms with Crippen LogP contribution in [0.2, 0.25) is 0 Å². The van der Waals surface area contributed by atoms with Crippen LogP contribution >= 0.6 is 34.0 Å². The minimum atomic E-state index is -3.16. The van der Waals surface area contributed by atoms with Crippen molar-refractivity contribution < 1.29 is 27.6 Å². The van der Waals surface area contributed by atoms with Crippen molar-refractivity contribution >= 4 is 163 Å². The maximum atomic E-state index is 13.2. The number of benzene rings is 3. The number of aryl methyl sites for hydroxylation is 5. The van der Waals surface area contributed by atoms with Crippen molar-refractivity contribution in [1.82, 2.24) is 59.8 Å². The van der Waals surface area contributed by atoms with E-state index in [9.17, 15) is 27.6 Å². The van der Waals surface area contributed by atoms with Gasteiger partial charge in [0.2, 0.25) is 27.9 Å². The first-order chi connectivity index (χ1) is 47.9. The lowest BCUT2D eigenvalue weighted by Crippen LogP contribution is -2.48. The first-order valence-corrected chi connectivity index (χ1v) is 37.0. The maximum Gasteiger partial charge on any atom is 0.280 e. The molecule has 14 rings (SSSR count). The number of fused-ring (bicyclic) bond motifs is 6. The van der Waals surface area contributed by atoms with Crippen LogP contribution in [-0.2, 0) is 10.0 Å². The van der Waals surface area contributed by atoms with E-state index in [0.717, 1.165) is 90.1 Å². The molecule has 4 amide bonds. The van der Waals surface area contributed by atoms with Gasteiger partial charge in [0, 0.05) is 134 Å². The Kier molecular flexibility index (Phi) is 20.3. The highest BCUT2D eigenvalue weighted by Gasteiger charge is 2.37. The molecule has 11 heterocycles. The molecule has 9 aromatic rings. The van der Waals surface area contributed by atoms with Crippen molar-refractivity contribution in [2.45, 2.75) is 55.4 Å².